The molecule has 2 amide bonds. The molecule has 0 atom stereocenters. The molecule has 4 nitrogen and oxygen atoms in total. The lowest BCUT2D eigenvalue weighted by atomic mass is 10.3. The SMILES string of the molecule is C=CC(=O)N/C=C(\C)C(=O)NC. The van der Waals surface area contributed by atoms with Crippen molar-refractivity contribution < 1.29 is 9.59 Å². The molecular formula is C8H12N2O2. The predicted molar refractivity (Wildman–Crippen MR) is 46.2 cm³/mol. The summed E-state index contributed by atoms with van der Waals surface area (Å²) in [4.78, 5) is 21.5. The zero-order valence-corrected chi connectivity index (χ0v) is 7.18. The maximum atomic E-state index is 10.9. The summed E-state index contributed by atoms with van der Waals surface area (Å²) >= 11 is 0. The third-order valence-electron chi connectivity index (χ3n) is 1.20. The lowest BCUT2D eigenvalue weighted by Gasteiger charge is -1.98. The Bertz CT molecular complexity index is 231. The predicted octanol–water partition coefficient (Wildman–Crippen LogP) is -0.0616. The van der Waals surface area contributed by atoms with Crippen LogP contribution < -0.4 is 10.6 Å². The molecule has 0 saturated carbocycles. The molecule has 0 aromatic carbocycles. The highest BCUT2D eigenvalue weighted by Gasteiger charge is 1.99. The van der Waals surface area contributed by atoms with Crippen LogP contribution >= 0.6 is 0 Å². The van der Waals surface area contributed by atoms with Gasteiger partial charge in [-0.05, 0) is 13.0 Å². The van der Waals surface area contributed by atoms with Crippen LogP contribution in [0.1, 0.15) is 6.92 Å². The quantitative estimate of drug-likeness (QED) is 0.580. The van der Waals surface area contributed by atoms with Crippen LogP contribution in [-0.4, -0.2) is 18.9 Å². The van der Waals surface area contributed by atoms with Crippen molar-refractivity contribution in [3.8, 4) is 0 Å². The van der Waals surface area contributed by atoms with Crippen LogP contribution in [0.25, 0.3) is 0 Å². The molecule has 0 aliphatic heterocycles. The Hall–Kier alpha value is -1.58. The highest BCUT2D eigenvalue weighted by Crippen LogP contribution is 1.88. The van der Waals surface area contributed by atoms with Gasteiger partial charge < -0.3 is 10.6 Å². The summed E-state index contributed by atoms with van der Waals surface area (Å²) < 4.78 is 0. The minimum Gasteiger partial charge on any atom is -0.355 e. The van der Waals surface area contributed by atoms with Crippen molar-refractivity contribution in [3.63, 3.8) is 0 Å². The summed E-state index contributed by atoms with van der Waals surface area (Å²) in [7, 11) is 1.52. The van der Waals surface area contributed by atoms with E-state index >= 15 is 0 Å². The standard InChI is InChI=1S/C8H12N2O2/c1-4-7(11)10-5-6(2)8(12)9-3/h4-5H,1H2,2-3H3,(H,9,12)(H,10,11)/b6-5+. The molecule has 0 saturated heterocycles. The molecule has 0 unspecified atom stereocenters. The van der Waals surface area contributed by atoms with E-state index in [9.17, 15) is 9.59 Å². The van der Waals surface area contributed by atoms with Crippen molar-refractivity contribution in [2.45, 2.75) is 6.92 Å². The molecule has 0 rings (SSSR count). The molecule has 66 valence electrons. The fourth-order valence-corrected chi connectivity index (χ4v) is 0.501. The van der Waals surface area contributed by atoms with Gasteiger partial charge in [0, 0.05) is 18.8 Å². The van der Waals surface area contributed by atoms with E-state index in [2.05, 4.69) is 17.2 Å². The average molecular weight is 168 g/mol. The zero-order chi connectivity index (χ0) is 9.56. The second kappa shape index (κ2) is 5.12. The largest absolute Gasteiger partial charge is 0.355 e. The summed E-state index contributed by atoms with van der Waals surface area (Å²) in [5, 5.41) is 4.79. The number of rotatable bonds is 3. The Morgan fingerprint density at radius 1 is 1.42 bits per heavy atom. The molecule has 0 fully saturated rings. The molecular weight excluding hydrogens is 156 g/mol. The number of likely N-dealkylation sites (N-methyl/N-ethyl adjacent to an activating group) is 1. The number of hydrogen-bond acceptors (Lipinski definition) is 2. The van der Waals surface area contributed by atoms with E-state index in [1.54, 1.807) is 6.92 Å². The molecule has 2 N–H and O–H groups in total. The van der Waals surface area contributed by atoms with Crippen LogP contribution in [0.4, 0.5) is 0 Å². The third kappa shape index (κ3) is 3.55. The molecule has 0 heterocycles. The molecule has 0 radical (unpaired) electrons. The number of amides is 2. The fraction of sp³-hybridized carbons (Fsp3) is 0.250. The highest BCUT2D eigenvalue weighted by molar-refractivity contribution is 5.94. The lowest BCUT2D eigenvalue weighted by Crippen LogP contribution is -2.22. The first-order valence-electron chi connectivity index (χ1n) is 3.43. The molecule has 0 aromatic heterocycles. The molecule has 0 aromatic rings. The zero-order valence-electron chi connectivity index (χ0n) is 7.18. The van der Waals surface area contributed by atoms with E-state index in [0.29, 0.717) is 5.57 Å². The van der Waals surface area contributed by atoms with Crippen LogP contribution in [0, 0.1) is 0 Å². The van der Waals surface area contributed by atoms with Crippen LogP contribution in [0.3, 0.4) is 0 Å². The van der Waals surface area contributed by atoms with Crippen LogP contribution in [0.5, 0.6) is 0 Å². The Labute approximate surface area is 71.3 Å². The van der Waals surface area contributed by atoms with Crippen molar-refractivity contribution in [1.82, 2.24) is 10.6 Å². The van der Waals surface area contributed by atoms with Gasteiger partial charge in [0.15, 0.2) is 0 Å². The van der Waals surface area contributed by atoms with E-state index in [-0.39, 0.29) is 11.8 Å². The van der Waals surface area contributed by atoms with Gasteiger partial charge in [-0.1, -0.05) is 6.58 Å². The van der Waals surface area contributed by atoms with E-state index in [1.165, 1.54) is 13.2 Å². The van der Waals surface area contributed by atoms with Crippen molar-refractivity contribution in [3.05, 3.63) is 24.4 Å². The van der Waals surface area contributed by atoms with E-state index in [0.717, 1.165) is 6.08 Å². The van der Waals surface area contributed by atoms with Crippen molar-refractivity contribution in [2.75, 3.05) is 7.05 Å². The molecule has 0 aliphatic carbocycles. The minimum atomic E-state index is -0.335. The van der Waals surface area contributed by atoms with Crippen LogP contribution in [-0.2, 0) is 9.59 Å². The Kier molecular flexibility index (Phi) is 4.45. The highest BCUT2D eigenvalue weighted by atomic mass is 16.2. The fourth-order valence-electron chi connectivity index (χ4n) is 0.501. The van der Waals surface area contributed by atoms with Gasteiger partial charge >= 0.3 is 0 Å². The normalized spacial score (nSPS) is 10.3. The first-order valence-corrected chi connectivity index (χ1v) is 3.43. The summed E-state index contributed by atoms with van der Waals surface area (Å²) in [5.41, 5.74) is 0.438. The smallest absolute Gasteiger partial charge is 0.248 e. The first-order chi connectivity index (χ1) is 5.61. The second-order valence-electron chi connectivity index (χ2n) is 2.12. The summed E-state index contributed by atoms with van der Waals surface area (Å²) in [6, 6.07) is 0. The van der Waals surface area contributed by atoms with Gasteiger partial charge in [0.05, 0.1) is 0 Å². The number of hydrogen-bond donors (Lipinski definition) is 2. The van der Waals surface area contributed by atoms with Crippen molar-refractivity contribution in [1.29, 1.82) is 0 Å². The van der Waals surface area contributed by atoms with Gasteiger partial charge in [0.2, 0.25) is 11.8 Å². The summed E-state index contributed by atoms with van der Waals surface area (Å²) in [6.45, 7) is 4.86. The second-order valence-corrected chi connectivity index (χ2v) is 2.12. The van der Waals surface area contributed by atoms with E-state index in [1.807, 2.05) is 0 Å². The van der Waals surface area contributed by atoms with Crippen LogP contribution in [0.15, 0.2) is 24.4 Å². The van der Waals surface area contributed by atoms with Gasteiger partial charge in [0.1, 0.15) is 0 Å². The first kappa shape index (κ1) is 10.4. The molecule has 4 heteroatoms. The Balaban J connectivity index is 4.09. The maximum absolute atomic E-state index is 10.9. The number of carbonyl (C=O) groups excluding carboxylic acids is 2. The lowest BCUT2D eigenvalue weighted by molar-refractivity contribution is -0.117. The summed E-state index contributed by atoms with van der Waals surface area (Å²) in [5.74, 6) is -0.558. The Morgan fingerprint density at radius 2 is 2.00 bits per heavy atom. The van der Waals surface area contributed by atoms with Gasteiger partial charge in [-0.2, -0.15) is 0 Å². The third-order valence-corrected chi connectivity index (χ3v) is 1.20. The molecule has 12 heavy (non-hydrogen) atoms. The summed E-state index contributed by atoms with van der Waals surface area (Å²) in [6.07, 6.45) is 2.47. The van der Waals surface area contributed by atoms with Gasteiger partial charge in [0.25, 0.3) is 0 Å². The monoisotopic (exact) mass is 168 g/mol. The van der Waals surface area contributed by atoms with Gasteiger partial charge in [-0.25, -0.2) is 0 Å². The Morgan fingerprint density at radius 3 is 2.42 bits per heavy atom. The van der Waals surface area contributed by atoms with Gasteiger partial charge in [-0.3, -0.25) is 9.59 Å². The van der Waals surface area contributed by atoms with Crippen LogP contribution in [0.2, 0.25) is 0 Å². The van der Waals surface area contributed by atoms with Crippen molar-refractivity contribution in [2.24, 2.45) is 0 Å². The minimum absolute atomic E-state index is 0.223. The molecule has 0 aliphatic rings. The van der Waals surface area contributed by atoms with E-state index < -0.39 is 0 Å². The maximum Gasteiger partial charge on any atom is 0.248 e. The molecule has 0 spiro atoms. The number of nitrogens with one attached hydrogen (secondary N) is 2. The topological polar surface area (TPSA) is 58.2 Å². The van der Waals surface area contributed by atoms with E-state index in [4.69, 9.17) is 0 Å². The van der Waals surface area contributed by atoms with Gasteiger partial charge in [-0.15, -0.1) is 0 Å². The molecule has 0 bridgehead atoms. The van der Waals surface area contributed by atoms with Crippen molar-refractivity contribution >= 4 is 11.8 Å². The number of carbonyl (C=O) groups is 2. The average Bonchev–Trinajstić information content (AvgIpc) is 2.11.